The van der Waals surface area contributed by atoms with Gasteiger partial charge in [0.15, 0.2) is 11.2 Å². The van der Waals surface area contributed by atoms with Crippen LogP contribution in [-0.2, 0) is 5.41 Å². The highest BCUT2D eigenvalue weighted by molar-refractivity contribution is 6.09. The van der Waals surface area contributed by atoms with Crippen molar-refractivity contribution in [1.82, 2.24) is 9.97 Å². The van der Waals surface area contributed by atoms with E-state index in [-0.39, 0.29) is 5.41 Å². The molecule has 1 fully saturated rings. The van der Waals surface area contributed by atoms with E-state index in [9.17, 15) is 0 Å². The van der Waals surface area contributed by atoms with Crippen molar-refractivity contribution in [2.24, 2.45) is 0 Å². The molecule has 0 radical (unpaired) electrons. The molecule has 6 aromatic carbocycles. The number of benzene rings is 6. The van der Waals surface area contributed by atoms with Crippen LogP contribution in [0.4, 0.5) is 0 Å². The van der Waals surface area contributed by atoms with Gasteiger partial charge in [-0.05, 0) is 93.7 Å². The van der Waals surface area contributed by atoms with Gasteiger partial charge in [-0.3, -0.25) is 9.97 Å². The molecule has 1 aliphatic carbocycles. The zero-order valence-electron chi connectivity index (χ0n) is 30.9. The Morgan fingerprint density at radius 3 is 1.27 bits per heavy atom. The summed E-state index contributed by atoms with van der Waals surface area (Å²) in [5.74, 6) is 0. The highest BCUT2D eigenvalue weighted by Gasteiger charge is 2.36. The van der Waals surface area contributed by atoms with Gasteiger partial charge in [0.1, 0.15) is 22.2 Å². The van der Waals surface area contributed by atoms with Gasteiger partial charge < -0.3 is 8.83 Å². The molecule has 4 nitrogen and oxygen atoms in total. The van der Waals surface area contributed by atoms with E-state index in [1.165, 1.54) is 41.5 Å². The lowest BCUT2D eigenvalue weighted by Gasteiger charge is -2.39. The highest BCUT2D eigenvalue weighted by atomic mass is 16.3. The number of pyridine rings is 2. The molecule has 1 aliphatic rings. The third-order valence-electron chi connectivity index (χ3n) is 12.1. The molecular formula is C52H38N2O2. The van der Waals surface area contributed by atoms with Gasteiger partial charge in [-0.2, -0.15) is 0 Å². The SMILES string of the molecule is c1ccc(-c2ccc3oc4c(-c5ccc(C6(c7ccc(-c8ccnc9c8oc8ccc(-c%10ccccc%10)cc89)cc7)CCCCC6)cc5)ccnc4c3c2)cc1. The largest absolute Gasteiger partial charge is 0.454 e. The first-order valence-corrected chi connectivity index (χ1v) is 19.7. The van der Waals surface area contributed by atoms with Gasteiger partial charge in [-0.15, -0.1) is 0 Å². The van der Waals surface area contributed by atoms with Crippen LogP contribution in [0, 0.1) is 0 Å². The normalized spacial score (nSPS) is 14.2. The topological polar surface area (TPSA) is 52.1 Å². The van der Waals surface area contributed by atoms with Gasteiger partial charge in [0.2, 0.25) is 0 Å². The molecule has 11 rings (SSSR count). The van der Waals surface area contributed by atoms with Crippen LogP contribution in [0.2, 0.25) is 0 Å². The van der Waals surface area contributed by atoms with Crippen molar-refractivity contribution < 1.29 is 8.83 Å². The van der Waals surface area contributed by atoms with Crippen LogP contribution in [0.25, 0.3) is 88.6 Å². The number of aromatic nitrogens is 2. The van der Waals surface area contributed by atoms with Crippen molar-refractivity contribution in [2.75, 3.05) is 0 Å². The maximum absolute atomic E-state index is 6.51. The van der Waals surface area contributed by atoms with E-state index in [0.717, 1.165) is 90.4 Å². The van der Waals surface area contributed by atoms with Gasteiger partial charge in [-0.1, -0.05) is 141 Å². The van der Waals surface area contributed by atoms with Gasteiger partial charge in [0.25, 0.3) is 0 Å². The first-order valence-electron chi connectivity index (χ1n) is 19.7. The van der Waals surface area contributed by atoms with Crippen molar-refractivity contribution >= 4 is 44.1 Å². The van der Waals surface area contributed by atoms with Gasteiger partial charge in [0, 0.05) is 39.7 Å². The minimum atomic E-state index is -0.0448. The van der Waals surface area contributed by atoms with Crippen molar-refractivity contribution in [3.63, 3.8) is 0 Å². The number of rotatable bonds is 6. The summed E-state index contributed by atoms with van der Waals surface area (Å²) in [6.07, 6.45) is 9.78. The second kappa shape index (κ2) is 13.2. The van der Waals surface area contributed by atoms with E-state index in [2.05, 4.69) is 146 Å². The fourth-order valence-corrected chi connectivity index (χ4v) is 9.23. The zero-order valence-corrected chi connectivity index (χ0v) is 30.9. The molecule has 56 heavy (non-hydrogen) atoms. The molecule has 4 aromatic heterocycles. The number of hydrogen-bond acceptors (Lipinski definition) is 4. The molecule has 0 spiro atoms. The van der Waals surface area contributed by atoms with E-state index < -0.39 is 0 Å². The smallest absolute Gasteiger partial charge is 0.161 e. The maximum atomic E-state index is 6.51. The zero-order chi connectivity index (χ0) is 37.1. The van der Waals surface area contributed by atoms with Crippen LogP contribution < -0.4 is 0 Å². The molecule has 0 N–H and O–H groups in total. The first-order chi connectivity index (χ1) is 27.7. The van der Waals surface area contributed by atoms with E-state index in [1.807, 2.05) is 24.5 Å². The minimum absolute atomic E-state index is 0.0448. The Bertz CT molecular complexity index is 2820. The molecule has 268 valence electrons. The quantitative estimate of drug-likeness (QED) is 0.171. The predicted octanol–water partition coefficient (Wildman–Crippen LogP) is 14.2. The van der Waals surface area contributed by atoms with Crippen LogP contribution >= 0.6 is 0 Å². The van der Waals surface area contributed by atoms with Crippen molar-refractivity contribution in [3.05, 3.63) is 181 Å². The summed E-state index contributed by atoms with van der Waals surface area (Å²) in [5, 5.41) is 2.07. The second-order valence-corrected chi connectivity index (χ2v) is 15.2. The summed E-state index contributed by atoms with van der Waals surface area (Å²) in [7, 11) is 0. The highest BCUT2D eigenvalue weighted by Crippen LogP contribution is 2.47. The molecule has 4 heterocycles. The average molecular weight is 723 g/mol. The van der Waals surface area contributed by atoms with Crippen molar-refractivity contribution in [2.45, 2.75) is 37.5 Å². The van der Waals surface area contributed by atoms with E-state index >= 15 is 0 Å². The predicted molar refractivity (Wildman–Crippen MR) is 229 cm³/mol. The third-order valence-corrected chi connectivity index (χ3v) is 12.1. The van der Waals surface area contributed by atoms with Crippen molar-refractivity contribution in [1.29, 1.82) is 0 Å². The Morgan fingerprint density at radius 1 is 0.393 bits per heavy atom. The first kappa shape index (κ1) is 32.6. The monoisotopic (exact) mass is 722 g/mol. The molecule has 0 amide bonds. The summed E-state index contributed by atoms with van der Waals surface area (Å²) >= 11 is 0. The Labute approximate surface area is 325 Å². The third kappa shape index (κ3) is 5.36. The summed E-state index contributed by atoms with van der Waals surface area (Å²) < 4.78 is 13.0. The average Bonchev–Trinajstić information content (AvgIpc) is 3.85. The van der Waals surface area contributed by atoms with E-state index in [4.69, 9.17) is 18.8 Å². The molecule has 0 atom stereocenters. The molecule has 10 aromatic rings. The molecule has 4 heteroatoms. The maximum Gasteiger partial charge on any atom is 0.161 e. The number of furan rings is 2. The molecular weight excluding hydrogens is 685 g/mol. The van der Waals surface area contributed by atoms with E-state index in [1.54, 1.807) is 0 Å². The molecule has 0 aliphatic heterocycles. The number of fused-ring (bicyclic) bond motifs is 6. The lowest BCUT2D eigenvalue weighted by molar-refractivity contribution is 0.346. The fraction of sp³-hybridized carbons (Fsp3) is 0.115. The fourth-order valence-electron chi connectivity index (χ4n) is 9.23. The Balaban J connectivity index is 0.931. The molecule has 1 saturated carbocycles. The molecule has 0 unspecified atom stereocenters. The standard InChI is InChI=1S/C52H38N2O2/c1-4-10-34(11-5-1)38-18-24-46-44(32-38)48-50(55-46)42(26-30-53-48)36-14-20-40(21-15-36)52(28-8-3-9-29-52)41-22-16-37(17-23-41)43-27-31-54-49-45-33-39(35-12-6-2-7-13-35)19-25-47(45)56-51(43)49/h1-2,4-7,10-27,30-33H,3,8-9,28-29H2. The second-order valence-electron chi connectivity index (χ2n) is 15.2. The Hall–Kier alpha value is -6.78. The summed E-state index contributed by atoms with van der Waals surface area (Å²) in [4.78, 5) is 9.60. The Morgan fingerprint density at radius 2 is 0.821 bits per heavy atom. The number of nitrogens with zero attached hydrogens (tertiary/aromatic N) is 2. The van der Waals surface area contributed by atoms with Gasteiger partial charge in [-0.25, -0.2) is 0 Å². The van der Waals surface area contributed by atoms with Crippen LogP contribution in [0.3, 0.4) is 0 Å². The lowest BCUT2D eigenvalue weighted by atomic mass is 9.65. The Kier molecular flexibility index (Phi) is 7.70. The summed E-state index contributed by atoms with van der Waals surface area (Å²) in [5.41, 5.74) is 16.9. The van der Waals surface area contributed by atoms with Crippen LogP contribution in [-0.4, -0.2) is 9.97 Å². The number of hydrogen-bond donors (Lipinski definition) is 0. The minimum Gasteiger partial charge on any atom is -0.454 e. The van der Waals surface area contributed by atoms with Crippen LogP contribution in [0.15, 0.2) is 179 Å². The molecule has 0 saturated heterocycles. The van der Waals surface area contributed by atoms with Crippen LogP contribution in [0.1, 0.15) is 43.2 Å². The summed E-state index contributed by atoms with van der Waals surface area (Å²) in [6, 6.07) is 56.4. The lowest BCUT2D eigenvalue weighted by Crippen LogP contribution is -2.30. The summed E-state index contributed by atoms with van der Waals surface area (Å²) in [6.45, 7) is 0. The van der Waals surface area contributed by atoms with Crippen molar-refractivity contribution in [3.8, 4) is 44.5 Å². The van der Waals surface area contributed by atoms with E-state index in [0.29, 0.717) is 0 Å². The molecule has 0 bridgehead atoms. The van der Waals surface area contributed by atoms with Crippen LogP contribution in [0.5, 0.6) is 0 Å². The van der Waals surface area contributed by atoms with Gasteiger partial charge >= 0.3 is 0 Å². The van der Waals surface area contributed by atoms with Gasteiger partial charge in [0.05, 0.1) is 0 Å².